The van der Waals surface area contributed by atoms with Gasteiger partial charge < -0.3 is 19.8 Å². The molecule has 0 fully saturated rings. The Bertz CT molecular complexity index is 806. The molecule has 7 nitrogen and oxygen atoms in total. The predicted molar refractivity (Wildman–Crippen MR) is 91.7 cm³/mol. The van der Waals surface area contributed by atoms with Crippen molar-refractivity contribution < 1.29 is 23.5 Å². The molecule has 132 valence electrons. The number of ether oxygens (including phenoxy) is 1. The van der Waals surface area contributed by atoms with Crippen LogP contribution in [0.4, 0.5) is 5.69 Å². The molecule has 0 atom stereocenters. The lowest BCUT2D eigenvalue weighted by atomic mass is 10.1. The Labute approximate surface area is 145 Å². The minimum Gasteiger partial charge on any atom is -0.465 e. The second kappa shape index (κ2) is 7.65. The average Bonchev–Trinajstić information content (AvgIpc) is 2.85. The number of furan rings is 1. The number of carbonyl (C=O) groups excluding carboxylic acids is 3. The van der Waals surface area contributed by atoms with Crippen LogP contribution in [-0.2, 0) is 9.53 Å². The molecule has 2 amide bonds. The number of rotatable bonds is 5. The van der Waals surface area contributed by atoms with Crippen molar-refractivity contribution in [2.45, 2.75) is 20.8 Å². The molecule has 0 aliphatic carbocycles. The van der Waals surface area contributed by atoms with Crippen molar-refractivity contribution in [3.8, 4) is 0 Å². The first-order valence-electron chi connectivity index (χ1n) is 7.69. The molecule has 0 aliphatic rings. The maximum Gasteiger partial charge on any atom is 0.342 e. The zero-order valence-corrected chi connectivity index (χ0v) is 14.6. The van der Waals surface area contributed by atoms with Gasteiger partial charge in [0.1, 0.15) is 17.1 Å². The number of aryl methyl sites for hydroxylation is 2. The second-order valence-electron chi connectivity index (χ2n) is 5.50. The predicted octanol–water partition coefficient (Wildman–Crippen LogP) is 2.36. The van der Waals surface area contributed by atoms with Crippen molar-refractivity contribution in [2.24, 2.45) is 0 Å². The maximum absolute atomic E-state index is 12.1. The average molecular weight is 344 g/mol. The minimum atomic E-state index is -0.600. The SMILES string of the molecule is CNC(=O)c1ccc(NC(=O)COC(=O)c2c(C)oc(C)c2C)cc1. The van der Waals surface area contributed by atoms with Gasteiger partial charge in [-0.15, -0.1) is 0 Å². The highest BCUT2D eigenvalue weighted by atomic mass is 16.5. The Morgan fingerprint density at radius 1 is 1.04 bits per heavy atom. The lowest BCUT2D eigenvalue weighted by Gasteiger charge is -2.07. The van der Waals surface area contributed by atoms with Crippen LogP contribution >= 0.6 is 0 Å². The van der Waals surface area contributed by atoms with E-state index in [1.54, 1.807) is 45.0 Å². The van der Waals surface area contributed by atoms with Crippen molar-refractivity contribution >= 4 is 23.5 Å². The summed E-state index contributed by atoms with van der Waals surface area (Å²) >= 11 is 0. The lowest BCUT2D eigenvalue weighted by molar-refractivity contribution is -0.119. The van der Waals surface area contributed by atoms with Crippen LogP contribution in [0.25, 0.3) is 0 Å². The molecule has 1 aromatic heterocycles. The summed E-state index contributed by atoms with van der Waals surface area (Å²) in [6.45, 7) is 4.77. The number of hydrogen-bond acceptors (Lipinski definition) is 5. The quantitative estimate of drug-likeness (QED) is 0.812. The molecule has 0 spiro atoms. The van der Waals surface area contributed by atoms with Gasteiger partial charge in [-0.2, -0.15) is 0 Å². The van der Waals surface area contributed by atoms with Crippen LogP contribution in [0.5, 0.6) is 0 Å². The van der Waals surface area contributed by atoms with Gasteiger partial charge in [-0.25, -0.2) is 4.79 Å². The molecule has 25 heavy (non-hydrogen) atoms. The van der Waals surface area contributed by atoms with Crippen LogP contribution < -0.4 is 10.6 Å². The van der Waals surface area contributed by atoms with E-state index in [1.165, 1.54) is 7.05 Å². The molecule has 2 rings (SSSR count). The molecule has 7 heteroatoms. The Balaban J connectivity index is 1.92. The standard InChI is InChI=1S/C18H20N2O5/c1-10-11(2)25-12(3)16(10)18(23)24-9-15(21)20-14-7-5-13(6-8-14)17(22)19-4/h5-8H,9H2,1-4H3,(H,19,22)(H,20,21). The number of esters is 1. The Hall–Kier alpha value is -3.09. The van der Waals surface area contributed by atoms with Crippen LogP contribution in [-0.4, -0.2) is 31.4 Å². The molecular formula is C18H20N2O5. The van der Waals surface area contributed by atoms with E-state index in [9.17, 15) is 14.4 Å². The maximum atomic E-state index is 12.1. The summed E-state index contributed by atoms with van der Waals surface area (Å²) < 4.78 is 10.4. The summed E-state index contributed by atoms with van der Waals surface area (Å²) in [5, 5.41) is 5.11. The molecular weight excluding hydrogens is 324 g/mol. The van der Waals surface area contributed by atoms with E-state index in [2.05, 4.69) is 10.6 Å². The van der Waals surface area contributed by atoms with Gasteiger partial charge in [0.05, 0.1) is 0 Å². The molecule has 0 aliphatic heterocycles. The fourth-order valence-electron chi connectivity index (χ4n) is 2.34. The summed E-state index contributed by atoms with van der Waals surface area (Å²) in [6.07, 6.45) is 0. The Morgan fingerprint density at radius 3 is 2.20 bits per heavy atom. The van der Waals surface area contributed by atoms with Gasteiger partial charge in [0.25, 0.3) is 11.8 Å². The van der Waals surface area contributed by atoms with Crippen LogP contribution in [0.2, 0.25) is 0 Å². The molecule has 1 aromatic carbocycles. The number of anilines is 1. The number of amides is 2. The van der Waals surface area contributed by atoms with Gasteiger partial charge in [0.2, 0.25) is 0 Å². The molecule has 0 bridgehead atoms. The summed E-state index contributed by atoms with van der Waals surface area (Å²) in [5.41, 5.74) is 2.03. The smallest absolute Gasteiger partial charge is 0.342 e. The molecule has 0 unspecified atom stereocenters. The van der Waals surface area contributed by atoms with Gasteiger partial charge in [-0.3, -0.25) is 9.59 Å². The van der Waals surface area contributed by atoms with Crippen molar-refractivity contribution in [3.05, 3.63) is 52.5 Å². The van der Waals surface area contributed by atoms with E-state index < -0.39 is 18.5 Å². The van der Waals surface area contributed by atoms with Crippen molar-refractivity contribution in [1.82, 2.24) is 5.32 Å². The van der Waals surface area contributed by atoms with Crippen LogP contribution in [0.1, 0.15) is 37.8 Å². The van der Waals surface area contributed by atoms with Crippen LogP contribution in [0, 0.1) is 20.8 Å². The summed E-state index contributed by atoms with van der Waals surface area (Å²) in [6, 6.07) is 6.36. The van der Waals surface area contributed by atoms with Gasteiger partial charge in [0.15, 0.2) is 6.61 Å². The third kappa shape index (κ3) is 4.26. The molecule has 1 heterocycles. The van der Waals surface area contributed by atoms with E-state index >= 15 is 0 Å². The summed E-state index contributed by atoms with van der Waals surface area (Å²) in [4.78, 5) is 35.5. The number of benzene rings is 1. The lowest BCUT2D eigenvalue weighted by Crippen LogP contribution is -2.21. The largest absolute Gasteiger partial charge is 0.465 e. The first-order valence-corrected chi connectivity index (χ1v) is 7.69. The first-order chi connectivity index (χ1) is 11.8. The highest BCUT2D eigenvalue weighted by Crippen LogP contribution is 2.21. The van der Waals surface area contributed by atoms with Crippen molar-refractivity contribution in [3.63, 3.8) is 0 Å². The number of nitrogens with one attached hydrogen (secondary N) is 2. The molecule has 0 radical (unpaired) electrons. The first kappa shape index (κ1) is 18.3. The Morgan fingerprint density at radius 2 is 1.68 bits per heavy atom. The number of hydrogen-bond donors (Lipinski definition) is 2. The van der Waals surface area contributed by atoms with Gasteiger partial charge in [-0.05, 0) is 45.0 Å². The second-order valence-corrected chi connectivity index (χ2v) is 5.50. The molecule has 0 saturated heterocycles. The van der Waals surface area contributed by atoms with E-state index in [0.29, 0.717) is 33.9 Å². The number of carbonyl (C=O) groups is 3. The van der Waals surface area contributed by atoms with Crippen molar-refractivity contribution in [1.29, 1.82) is 0 Å². The normalized spacial score (nSPS) is 10.2. The molecule has 2 aromatic rings. The fraction of sp³-hybridized carbons (Fsp3) is 0.278. The van der Waals surface area contributed by atoms with E-state index in [4.69, 9.17) is 9.15 Å². The minimum absolute atomic E-state index is 0.215. The van der Waals surface area contributed by atoms with Gasteiger partial charge >= 0.3 is 5.97 Å². The van der Waals surface area contributed by atoms with E-state index in [-0.39, 0.29) is 5.91 Å². The molecule has 0 saturated carbocycles. The van der Waals surface area contributed by atoms with Gasteiger partial charge in [-0.1, -0.05) is 0 Å². The third-order valence-corrected chi connectivity index (χ3v) is 3.76. The van der Waals surface area contributed by atoms with Crippen LogP contribution in [0.15, 0.2) is 28.7 Å². The summed E-state index contributed by atoms with van der Waals surface area (Å²) in [5.74, 6) is -0.184. The highest BCUT2D eigenvalue weighted by Gasteiger charge is 2.20. The van der Waals surface area contributed by atoms with Gasteiger partial charge in [0, 0.05) is 23.9 Å². The zero-order valence-electron chi connectivity index (χ0n) is 14.6. The van der Waals surface area contributed by atoms with E-state index in [1.807, 2.05) is 0 Å². The Kier molecular flexibility index (Phi) is 5.59. The molecule has 2 N–H and O–H groups in total. The fourth-order valence-corrected chi connectivity index (χ4v) is 2.34. The topological polar surface area (TPSA) is 97.6 Å². The third-order valence-electron chi connectivity index (χ3n) is 3.76. The summed E-state index contributed by atoms with van der Waals surface area (Å²) in [7, 11) is 1.54. The highest BCUT2D eigenvalue weighted by molar-refractivity contribution is 5.97. The monoisotopic (exact) mass is 344 g/mol. The zero-order chi connectivity index (χ0) is 18.6. The van der Waals surface area contributed by atoms with Crippen molar-refractivity contribution in [2.75, 3.05) is 19.0 Å². The van der Waals surface area contributed by atoms with Crippen LogP contribution in [0.3, 0.4) is 0 Å². The van der Waals surface area contributed by atoms with E-state index in [0.717, 1.165) is 0 Å².